The Bertz CT molecular complexity index is 840. The molecule has 2 rings (SSSR count). The first kappa shape index (κ1) is 34.1. The third kappa shape index (κ3) is 11.4. The molecule has 40 heavy (non-hydrogen) atoms. The minimum absolute atomic E-state index is 0.00174. The van der Waals surface area contributed by atoms with Crippen LogP contribution in [0.4, 0.5) is 0 Å². The lowest BCUT2D eigenvalue weighted by atomic mass is 9.80. The van der Waals surface area contributed by atoms with E-state index >= 15 is 0 Å². The van der Waals surface area contributed by atoms with E-state index in [9.17, 15) is 29.4 Å². The smallest absolute Gasteiger partial charge is 0.323 e. The van der Waals surface area contributed by atoms with Gasteiger partial charge in [-0.15, -0.1) is 0 Å². The van der Waals surface area contributed by atoms with Crippen molar-refractivity contribution in [3.8, 4) is 0 Å². The van der Waals surface area contributed by atoms with E-state index in [0.717, 1.165) is 64.2 Å². The Hall–Kier alpha value is -2.14. The number of allylic oxidation sites excluding steroid dienone is 2. The molecule has 1 heterocycles. The van der Waals surface area contributed by atoms with E-state index in [-0.39, 0.29) is 55.9 Å². The predicted molar refractivity (Wildman–Crippen MR) is 148 cm³/mol. The zero-order valence-electron chi connectivity index (χ0n) is 24.4. The van der Waals surface area contributed by atoms with Crippen LogP contribution in [0, 0.1) is 17.3 Å². The van der Waals surface area contributed by atoms with Crippen LogP contribution in [-0.4, -0.2) is 85.4 Å². The van der Waals surface area contributed by atoms with Gasteiger partial charge in [-0.2, -0.15) is 0 Å². The fraction of sp³-hybridized carbons (Fsp3) is 0.800. The molecule has 0 bridgehead atoms. The minimum Gasteiger partial charge on any atom is -0.463 e. The van der Waals surface area contributed by atoms with Gasteiger partial charge in [-0.25, -0.2) is 0 Å². The molecule has 1 aliphatic carbocycles. The van der Waals surface area contributed by atoms with Crippen molar-refractivity contribution >= 4 is 24.0 Å². The van der Waals surface area contributed by atoms with E-state index in [1.165, 1.54) is 6.92 Å². The molecule has 2 fully saturated rings. The van der Waals surface area contributed by atoms with Crippen LogP contribution in [-0.2, 0) is 33.4 Å². The van der Waals surface area contributed by atoms with Crippen molar-refractivity contribution in [3.63, 3.8) is 0 Å². The van der Waals surface area contributed by atoms with E-state index in [2.05, 4.69) is 5.32 Å². The minimum atomic E-state index is -1.32. The van der Waals surface area contributed by atoms with Gasteiger partial charge in [0.05, 0.1) is 25.9 Å². The Morgan fingerprint density at radius 3 is 2.35 bits per heavy atom. The highest BCUT2D eigenvalue weighted by molar-refractivity contribution is 5.83. The maximum absolute atomic E-state index is 12.9. The summed E-state index contributed by atoms with van der Waals surface area (Å²) in [6.45, 7) is 5.25. The number of Topliss-reactive ketones (excluding diaryl/α,β-unsaturated/α-hetero) is 1. The summed E-state index contributed by atoms with van der Waals surface area (Å²) < 4.78 is 17.0. The summed E-state index contributed by atoms with van der Waals surface area (Å²) in [5.74, 6) is -0.578. The zero-order chi connectivity index (χ0) is 29.5. The van der Waals surface area contributed by atoms with Crippen LogP contribution < -0.4 is 5.32 Å². The van der Waals surface area contributed by atoms with Crippen LogP contribution in [0.25, 0.3) is 0 Å². The summed E-state index contributed by atoms with van der Waals surface area (Å²) in [7, 11) is 0. The number of carbonyl (C=O) groups excluding carboxylic acids is 4. The van der Waals surface area contributed by atoms with Crippen molar-refractivity contribution in [2.24, 2.45) is 17.3 Å². The molecule has 0 aromatic rings. The van der Waals surface area contributed by atoms with Crippen molar-refractivity contribution in [2.45, 2.75) is 103 Å². The standard InChI is InChI=1S/C30H49NO9/c1-21(18-32)7-10-24(35)17-27(40-28(36)26-6-4-5-13-31-26)22(2)16-23-8-11-25(12-9-23)38-14-15-39-29(37)30(3,19-33)20-34/h7,18,22-23,25-27,31,33-34H,4-6,8-17,19-20H2,1-3H3/b21-7+/t22-,23-,25-,26+,27+/m1/s1. The quantitative estimate of drug-likeness (QED) is 0.104. The van der Waals surface area contributed by atoms with Crippen molar-refractivity contribution in [3.05, 3.63) is 11.6 Å². The molecule has 0 spiro atoms. The second-order valence-electron chi connectivity index (χ2n) is 11.7. The first-order chi connectivity index (χ1) is 19.1. The molecule has 10 heteroatoms. The van der Waals surface area contributed by atoms with E-state index in [1.807, 2.05) is 6.92 Å². The molecule has 10 nitrogen and oxygen atoms in total. The molecular weight excluding hydrogens is 518 g/mol. The number of ketones is 1. The monoisotopic (exact) mass is 567 g/mol. The fourth-order valence-electron chi connectivity index (χ4n) is 5.19. The van der Waals surface area contributed by atoms with E-state index < -0.39 is 30.7 Å². The molecule has 0 aromatic carbocycles. The number of rotatable bonds is 17. The van der Waals surface area contributed by atoms with Gasteiger partial charge < -0.3 is 29.7 Å². The van der Waals surface area contributed by atoms with Gasteiger partial charge in [0.15, 0.2) is 0 Å². The molecule has 3 atom stereocenters. The molecular formula is C30H49NO9. The van der Waals surface area contributed by atoms with Crippen LogP contribution >= 0.6 is 0 Å². The molecule has 0 amide bonds. The second-order valence-corrected chi connectivity index (χ2v) is 11.7. The summed E-state index contributed by atoms with van der Waals surface area (Å²) in [6.07, 6.45) is 9.35. The van der Waals surface area contributed by atoms with Crippen molar-refractivity contribution < 1.29 is 43.6 Å². The summed E-state index contributed by atoms with van der Waals surface area (Å²) in [5.41, 5.74) is -0.809. The summed E-state index contributed by atoms with van der Waals surface area (Å²) >= 11 is 0. The Kier molecular flexibility index (Phi) is 15.0. The molecule has 0 radical (unpaired) electrons. The molecule has 1 saturated heterocycles. The Morgan fingerprint density at radius 1 is 1.05 bits per heavy atom. The van der Waals surface area contributed by atoms with Gasteiger partial charge >= 0.3 is 11.9 Å². The van der Waals surface area contributed by atoms with Crippen molar-refractivity contribution in [1.29, 1.82) is 0 Å². The second kappa shape index (κ2) is 17.6. The number of ether oxygens (including phenoxy) is 3. The predicted octanol–water partition coefficient (Wildman–Crippen LogP) is 2.67. The first-order valence-corrected chi connectivity index (χ1v) is 14.7. The lowest BCUT2D eigenvalue weighted by Crippen LogP contribution is -2.44. The maximum Gasteiger partial charge on any atom is 0.323 e. The lowest BCUT2D eigenvalue weighted by Gasteiger charge is -2.33. The molecule has 1 saturated carbocycles. The third-order valence-corrected chi connectivity index (χ3v) is 8.12. The lowest BCUT2D eigenvalue weighted by molar-refractivity contribution is -0.162. The van der Waals surface area contributed by atoms with Crippen LogP contribution in [0.3, 0.4) is 0 Å². The van der Waals surface area contributed by atoms with Gasteiger partial charge in [0, 0.05) is 12.8 Å². The topological polar surface area (TPSA) is 148 Å². The number of esters is 2. The number of aldehydes is 1. The van der Waals surface area contributed by atoms with Gasteiger partial charge in [-0.3, -0.25) is 19.2 Å². The molecule has 3 N–H and O–H groups in total. The number of aliphatic hydroxyl groups excluding tert-OH is 2. The number of aliphatic hydroxyl groups is 2. The van der Waals surface area contributed by atoms with Crippen LogP contribution in [0.1, 0.15) is 85.0 Å². The van der Waals surface area contributed by atoms with Gasteiger partial charge in [0.1, 0.15) is 36.2 Å². The highest BCUT2D eigenvalue weighted by atomic mass is 16.6. The Labute approximate surface area is 238 Å². The van der Waals surface area contributed by atoms with Gasteiger partial charge in [-0.1, -0.05) is 19.4 Å². The summed E-state index contributed by atoms with van der Waals surface area (Å²) in [5, 5.41) is 21.8. The number of carbonyl (C=O) groups is 4. The number of hydrogen-bond acceptors (Lipinski definition) is 10. The molecule has 0 unspecified atom stereocenters. The van der Waals surface area contributed by atoms with E-state index in [1.54, 1.807) is 13.0 Å². The maximum atomic E-state index is 12.9. The first-order valence-electron chi connectivity index (χ1n) is 14.7. The Balaban J connectivity index is 1.83. The SMILES string of the molecule is C/C(C=O)=C\CC(=O)C[C@H](OC(=O)[C@@H]1CCCCN1)[C@H](C)C[C@H]1CC[C@H](OCCOC(=O)C(C)(CO)CO)CC1. The van der Waals surface area contributed by atoms with Crippen LogP contribution in [0.2, 0.25) is 0 Å². The largest absolute Gasteiger partial charge is 0.463 e. The third-order valence-electron chi connectivity index (χ3n) is 8.12. The number of piperidine rings is 1. The van der Waals surface area contributed by atoms with Crippen molar-refractivity contribution in [2.75, 3.05) is 33.0 Å². The zero-order valence-corrected chi connectivity index (χ0v) is 24.4. The van der Waals surface area contributed by atoms with Crippen molar-refractivity contribution in [1.82, 2.24) is 5.32 Å². The molecule has 0 aromatic heterocycles. The van der Waals surface area contributed by atoms with Gasteiger partial charge in [0.2, 0.25) is 0 Å². The average Bonchev–Trinajstić information content (AvgIpc) is 2.98. The molecule has 1 aliphatic heterocycles. The Morgan fingerprint density at radius 2 is 1.75 bits per heavy atom. The van der Waals surface area contributed by atoms with E-state index in [4.69, 9.17) is 14.2 Å². The number of hydrogen-bond donors (Lipinski definition) is 3. The van der Waals surface area contributed by atoms with E-state index in [0.29, 0.717) is 11.5 Å². The number of nitrogens with one attached hydrogen (secondary N) is 1. The summed E-state index contributed by atoms with van der Waals surface area (Å²) in [4.78, 5) is 48.4. The normalized spacial score (nSPS) is 23.6. The van der Waals surface area contributed by atoms with Gasteiger partial charge in [-0.05, 0) is 82.7 Å². The fourth-order valence-corrected chi connectivity index (χ4v) is 5.19. The molecule has 228 valence electrons. The average molecular weight is 568 g/mol. The van der Waals surface area contributed by atoms with Gasteiger partial charge in [0.25, 0.3) is 0 Å². The van der Waals surface area contributed by atoms with Crippen LogP contribution in [0.15, 0.2) is 11.6 Å². The van der Waals surface area contributed by atoms with Crippen LogP contribution in [0.5, 0.6) is 0 Å². The highest BCUT2D eigenvalue weighted by Gasteiger charge is 2.34. The molecule has 2 aliphatic rings. The highest BCUT2D eigenvalue weighted by Crippen LogP contribution is 2.33. The summed E-state index contributed by atoms with van der Waals surface area (Å²) in [6, 6.07) is -0.330.